The zero-order valence-electron chi connectivity index (χ0n) is 8.38. The normalized spacial score (nSPS) is 13.0. The summed E-state index contributed by atoms with van der Waals surface area (Å²) in [5, 5.41) is 0.519. The van der Waals surface area contributed by atoms with E-state index in [1.165, 1.54) is 0 Å². The number of nitrogens with two attached hydrogens (primary N) is 1. The van der Waals surface area contributed by atoms with E-state index in [-0.39, 0.29) is 6.79 Å². The number of benzene rings is 1. The zero-order chi connectivity index (χ0) is 10.8. The summed E-state index contributed by atoms with van der Waals surface area (Å²) in [6, 6.07) is 1.70. The quantitative estimate of drug-likeness (QED) is 0.855. The third-order valence-electron chi connectivity index (χ3n) is 2.26. The molecule has 0 amide bonds. The van der Waals surface area contributed by atoms with Gasteiger partial charge in [-0.15, -0.1) is 0 Å². The first-order valence-electron chi connectivity index (χ1n) is 4.63. The Labute approximate surface area is 92.9 Å². The van der Waals surface area contributed by atoms with Crippen LogP contribution >= 0.6 is 11.6 Å². The van der Waals surface area contributed by atoms with Gasteiger partial charge in [-0.1, -0.05) is 11.6 Å². The van der Waals surface area contributed by atoms with E-state index < -0.39 is 0 Å². The van der Waals surface area contributed by atoms with Gasteiger partial charge in [-0.05, 0) is 13.0 Å². The second kappa shape index (κ2) is 4.16. The van der Waals surface area contributed by atoms with Crippen LogP contribution in [0.15, 0.2) is 6.07 Å². The molecule has 0 spiro atoms. The van der Waals surface area contributed by atoms with Crippen molar-refractivity contribution in [2.75, 3.05) is 20.4 Å². The molecule has 1 aliphatic heterocycles. The molecule has 1 heterocycles. The van der Waals surface area contributed by atoms with Crippen LogP contribution in [0.2, 0.25) is 5.02 Å². The largest absolute Gasteiger partial charge is 0.495 e. The lowest BCUT2D eigenvalue weighted by Crippen LogP contribution is -2.05. The summed E-state index contributed by atoms with van der Waals surface area (Å²) in [5.74, 6) is 1.97. The molecule has 0 saturated heterocycles. The Balaban J connectivity index is 2.55. The molecule has 1 aromatic rings. The molecule has 1 aromatic carbocycles. The Morgan fingerprint density at radius 1 is 1.53 bits per heavy atom. The van der Waals surface area contributed by atoms with Crippen LogP contribution < -0.4 is 19.9 Å². The van der Waals surface area contributed by atoms with Crippen molar-refractivity contribution in [2.45, 2.75) is 6.42 Å². The molecule has 0 saturated carbocycles. The number of methoxy groups -OCH3 is 1. The number of rotatable bonds is 3. The first-order chi connectivity index (χ1) is 7.27. The Morgan fingerprint density at radius 2 is 2.33 bits per heavy atom. The van der Waals surface area contributed by atoms with E-state index in [9.17, 15) is 0 Å². The Kier molecular flexibility index (Phi) is 2.88. The van der Waals surface area contributed by atoms with Crippen LogP contribution in [0.1, 0.15) is 5.56 Å². The summed E-state index contributed by atoms with van der Waals surface area (Å²) in [4.78, 5) is 0. The van der Waals surface area contributed by atoms with E-state index in [0.717, 1.165) is 5.56 Å². The maximum Gasteiger partial charge on any atom is 0.231 e. The van der Waals surface area contributed by atoms with Gasteiger partial charge in [0.2, 0.25) is 6.79 Å². The third-order valence-corrected chi connectivity index (χ3v) is 2.54. The summed E-state index contributed by atoms with van der Waals surface area (Å²) in [6.07, 6.45) is 0.648. The first-order valence-corrected chi connectivity index (χ1v) is 5.00. The number of halogens is 1. The summed E-state index contributed by atoms with van der Waals surface area (Å²) >= 11 is 6.05. The van der Waals surface area contributed by atoms with E-state index >= 15 is 0 Å². The molecule has 0 fully saturated rings. The smallest absolute Gasteiger partial charge is 0.231 e. The molecular weight excluding hydrogens is 218 g/mol. The van der Waals surface area contributed by atoms with E-state index in [4.69, 9.17) is 31.5 Å². The fourth-order valence-corrected chi connectivity index (χ4v) is 1.94. The van der Waals surface area contributed by atoms with Crippen LogP contribution in [0.5, 0.6) is 17.2 Å². The van der Waals surface area contributed by atoms with Crippen LogP contribution in [0.25, 0.3) is 0 Å². The second-order valence-corrected chi connectivity index (χ2v) is 3.55. The molecule has 0 radical (unpaired) electrons. The zero-order valence-corrected chi connectivity index (χ0v) is 9.13. The second-order valence-electron chi connectivity index (χ2n) is 3.14. The van der Waals surface area contributed by atoms with E-state index in [1.807, 2.05) is 0 Å². The highest BCUT2D eigenvalue weighted by Crippen LogP contribution is 2.45. The van der Waals surface area contributed by atoms with Gasteiger partial charge < -0.3 is 19.9 Å². The summed E-state index contributed by atoms with van der Waals surface area (Å²) in [6.45, 7) is 0.725. The molecule has 0 aliphatic carbocycles. The van der Waals surface area contributed by atoms with Crippen molar-refractivity contribution < 1.29 is 14.2 Å². The van der Waals surface area contributed by atoms with Crippen molar-refractivity contribution in [1.29, 1.82) is 0 Å². The van der Waals surface area contributed by atoms with Gasteiger partial charge in [0, 0.05) is 11.6 Å². The van der Waals surface area contributed by atoms with Crippen molar-refractivity contribution in [2.24, 2.45) is 5.73 Å². The molecule has 0 aromatic heterocycles. The molecule has 0 unspecified atom stereocenters. The van der Waals surface area contributed by atoms with Gasteiger partial charge in [0.05, 0.1) is 12.1 Å². The fourth-order valence-electron chi connectivity index (χ4n) is 1.65. The molecule has 2 N–H and O–H groups in total. The molecule has 1 aliphatic rings. The molecule has 0 atom stereocenters. The summed E-state index contributed by atoms with van der Waals surface area (Å²) in [5.41, 5.74) is 6.41. The predicted molar refractivity (Wildman–Crippen MR) is 56.9 cm³/mol. The highest BCUT2D eigenvalue weighted by Gasteiger charge is 2.23. The Hall–Kier alpha value is -1.13. The van der Waals surface area contributed by atoms with Crippen LogP contribution in [0.4, 0.5) is 0 Å². The van der Waals surface area contributed by atoms with Crippen LogP contribution in [-0.2, 0) is 6.42 Å². The maximum absolute atomic E-state index is 6.05. The van der Waals surface area contributed by atoms with Crippen LogP contribution in [0.3, 0.4) is 0 Å². The predicted octanol–water partition coefficient (Wildman–Crippen LogP) is 1.58. The van der Waals surface area contributed by atoms with Gasteiger partial charge in [0.15, 0.2) is 11.5 Å². The molecule has 4 nitrogen and oxygen atoms in total. The summed E-state index contributed by atoms with van der Waals surface area (Å²) < 4.78 is 15.9. The molecule has 82 valence electrons. The number of hydrogen-bond acceptors (Lipinski definition) is 4. The molecule has 15 heavy (non-hydrogen) atoms. The highest BCUT2D eigenvalue weighted by molar-refractivity contribution is 6.32. The maximum atomic E-state index is 6.05. The van der Waals surface area contributed by atoms with Gasteiger partial charge in [-0.25, -0.2) is 0 Å². The van der Waals surface area contributed by atoms with Crippen molar-refractivity contribution in [1.82, 2.24) is 0 Å². The van der Waals surface area contributed by atoms with Gasteiger partial charge in [-0.3, -0.25) is 0 Å². The Morgan fingerprint density at radius 3 is 3.00 bits per heavy atom. The lowest BCUT2D eigenvalue weighted by Gasteiger charge is -2.12. The average molecular weight is 230 g/mol. The summed E-state index contributed by atoms with van der Waals surface area (Å²) in [7, 11) is 1.57. The number of hydrogen-bond donors (Lipinski definition) is 1. The minimum Gasteiger partial charge on any atom is -0.495 e. The lowest BCUT2D eigenvalue weighted by atomic mass is 10.1. The van der Waals surface area contributed by atoms with Crippen molar-refractivity contribution >= 4 is 11.6 Å². The van der Waals surface area contributed by atoms with Crippen LogP contribution in [-0.4, -0.2) is 20.4 Å². The minimum absolute atomic E-state index is 0.219. The van der Waals surface area contributed by atoms with Crippen LogP contribution in [0, 0.1) is 0 Å². The topological polar surface area (TPSA) is 53.7 Å². The van der Waals surface area contributed by atoms with Crippen molar-refractivity contribution in [3.8, 4) is 17.2 Å². The third kappa shape index (κ3) is 1.70. The Bertz CT molecular complexity index is 378. The molecule has 2 rings (SSSR count). The van der Waals surface area contributed by atoms with Crippen molar-refractivity contribution in [3.63, 3.8) is 0 Å². The number of ether oxygens (including phenoxy) is 3. The van der Waals surface area contributed by atoms with E-state index in [0.29, 0.717) is 35.2 Å². The monoisotopic (exact) mass is 229 g/mol. The van der Waals surface area contributed by atoms with Gasteiger partial charge >= 0.3 is 0 Å². The first kappa shape index (κ1) is 10.4. The van der Waals surface area contributed by atoms with E-state index in [1.54, 1.807) is 13.2 Å². The molecular formula is C10H12ClNO3. The lowest BCUT2D eigenvalue weighted by molar-refractivity contribution is 0.173. The van der Waals surface area contributed by atoms with Crippen molar-refractivity contribution in [3.05, 3.63) is 16.7 Å². The van der Waals surface area contributed by atoms with Gasteiger partial charge in [0.25, 0.3) is 0 Å². The molecule has 0 bridgehead atoms. The average Bonchev–Trinajstić information content (AvgIpc) is 2.66. The van der Waals surface area contributed by atoms with Gasteiger partial charge in [0.1, 0.15) is 5.75 Å². The number of fused-ring (bicyclic) bond motifs is 1. The fraction of sp³-hybridized carbons (Fsp3) is 0.400. The SMILES string of the molecule is COc1c(Cl)cc2c(c1CCN)OCO2. The van der Waals surface area contributed by atoms with E-state index in [2.05, 4.69) is 0 Å². The highest BCUT2D eigenvalue weighted by atomic mass is 35.5. The van der Waals surface area contributed by atoms with Gasteiger partial charge in [-0.2, -0.15) is 0 Å². The standard InChI is InChI=1S/C10H12ClNO3/c1-13-9-6(2-3-12)10-8(4-7(9)11)14-5-15-10/h4H,2-3,5,12H2,1H3. The molecule has 5 heteroatoms. The minimum atomic E-state index is 0.219.